The van der Waals surface area contributed by atoms with Gasteiger partial charge in [-0.1, -0.05) is 120 Å². The number of thiazole rings is 1. The third kappa shape index (κ3) is 7.14. The molecule has 3 nitrogen and oxygen atoms in total. The van der Waals surface area contributed by atoms with Crippen molar-refractivity contribution in [3.63, 3.8) is 0 Å². The van der Waals surface area contributed by atoms with Crippen LogP contribution in [0.5, 0.6) is 5.75 Å². The van der Waals surface area contributed by atoms with Crippen LogP contribution in [-0.2, 0) is 38.3 Å². The van der Waals surface area contributed by atoms with E-state index in [4.69, 9.17) is 9.97 Å². The summed E-state index contributed by atoms with van der Waals surface area (Å²) in [6, 6.07) is 35.4. The van der Waals surface area contributed by atoms with Crippen LogP contribution in [-0.4, -0.2) is 15.1 Å². The molecule has 49 heavy (non-hydrogen) atoms. The van der Waals surface area contributed by atoms with Gasteiger partial charge in [0.05, 0.1) is 11.1 Å². The number of aryl methyl sites for hydroxylation is 1. The van der Waals surface area contributed by atoms with E-state index in [1.807, 2.05) is 66.9 Å². The van der Waals surface area contributed by atoms with Crippen molar-refractivity contribution in [1.29, 1.82) is 0 Å². The first-order valence-electron chi connectivity index (χ1n) is 17.4. The van der Waals surface area contributed by atoms with Gasteiger partial charge in [0.2, 0.25) is 0 Å². The molecule has 1 N–H and O–H groups in total. The molecular weight excluding hydrogens is 800 g/mol. The van der Waals surface area contributed by atoms with Gasteiger partial charge in [-0.15, -0.1) is 46.2 Å². The molecule has 7 aromatic rings. The molecule has 0 aliphatic carbocycles. The molecule has 2 aromatic heterocycles. The number of phenolic OH excluding ortho intramolecular Hbond substituents is 1. The van der Waals surface area contributed by atoms with Gasteiger partial charge in [-0.3, -0.25) is 4.98 Å². The Hall–Kier alpha value is -4.11. The molecule has 0 aliphatic heterocycles. The Labute approximate surface area is 311 Å². The molecule has 5 heteroatoms. The number of benzene rings is 5. The number of aromatic hydroxyl groups is 1. The standard InChI is InChI=1S/C44H41N2OS.Pt/c1-27-18-31(23-32(19-27)36-26-34(44(5,6)7)24-30-14-11-17-45-40(30)36)35-21-29(20-28-12-9-8-10-13-28)22-39-41(35)46-42(48-39)37-25-33(43(2,3)4)15-16-38(37)47;/h8-19,21-22,24-26,47H,20H2,1-7H3;/q-1;/i20D2;. The van der Waals surface area contributed by atoms with Crippen LogP contribution in [0.15, 0.2) is 103 Å². The summed E-state index contributed by atoms with van der Waals surface area (Å²) in [4.78, 5) is 9.98. The molecular formula is C44H41N2OPtS-. The molecule has 0 fully saturated rings. The Balaban J connectivity index is 0.00000448. The number of hydrogen-bond acceptors (Lipinski definition) is 4. The van der Waals surface area contributed by atoms with Crippen LogP contribution in [0.4, 0.5) is 0 Å². The fourth-order valence-electron chi connectivity index (χ4n) is 6.12. The first kappa shape index (κ1) is 32.1. The molecule has 0 radical (unpaired) electrons. The molecule has 0 aliphatic rings. The molecule has 2 heterocycles. The Kier molecular flexibility index (Phi) is 8.72. The largest absolute Gasteiger partial charge is 0.507 e. The number of rotatable bonds is 5. The van der Waals surface area contributed by atoms with Crippen LogP contribution >= 0.6 is 11.3 Å². The van der Waals surface area contributed by atoms with Crippen LogP contribution in [0, 0.1) is 13.0 Å². The predicted molar refractivity (Wildman–Crippen MR) is 203 cm³/mol. The van der Waals surface area contributed by atoms with E-state index in [2.05, 4.69) is 84.9 Å². The summed E-state index contributed by atoms with van der Waals surface area (Å²) in [6.45, 7) is 15.2. The Morgan fingerprint density at radius 2 is 1.39 bits per heavy atom. The zero-order valence-electron chi connectivity index (χ0n) is 30.9. The second kappa shape index (κ2) is 13.3. The van der Waals surface area contributed by atoms with Crippen molar-refractivity contribution in [3.05, 3.63) is 137 Å². The van der Waals surface area contributed by atoms with Crippen molar-refractivity contribution in [2.75, 3.05) is 0 Å². The van der Waals surface area contributed by atoms with Crippen molar-refractivity contribution < 1.29 is 28.9 Å². The van der Waals surface area contributed by atoms with E-state index in [1.165, 1.54) is 16.9 Å². The average molecular weight is 843 g/mol. The van der Waals surface area contributed by atoms with Crippen LogP contribution in [0.25, 0.3) is 53.9 Å². The molecule has 0 saturated carbocycles. The van der Waals surface area contributed by atoms with Gasteiger partial charge in [0, 0.05) is 40.2 Å². The molecule has 0 saturated heterocycles. The van der Waals surface area contributed by atoms with E-state index in [9.17, 15) is 7.85 Å². The molecule has 250 valence electrons. The minimum absolute atomic E-state index is 0. The smallest absolute Gasteiger partial charge is 0.127 e. The predicted octanol–water partition coefficient (Wildman–Crippen LogP) is 11.8. The van der Waals surface area contributed by atoms with Gasteiger partial charge >= 0.3 is 0 Å². The van der Waals surface area contributed by atoms with Gasteiger partial charge in [0.25, 0.3) is 0 Å². The third-order valence-electron chi connectivity index (χ3n) is 8.81. The molecule has 0 atom stereocenters. The molecule has 0 bridgehead atoms. The zero-order chi connectivity index (χ0) is 35.6. The van der Waals surface area contributed by atoms with E-state index in [0.717, 1.165) is 54.5 Å². The van der Waals surface area contributed by atoms with E-state index in [0.29, 0.717) is 21.7 Å². The van der Waals surface area contributed by atoms with E-state index in [1.54, 1.807) is 6.07 Å². The second-order valence-corrected chi connectivity index (χ2v) is 15.7. The van der Waals surface area contributed by atoms with Crippen LogP contribution in [0.3, 0.4) is 0 Å². The summed E-state index contributed by atoms with van der Waals surface area (Å²) < 4.78 is 19.5. The van der Waals surface area contributed by atoms with Gasteiger partial charge in [-0.2, -0.15) is 0 Å². The normalized spacial score (nSPS) is 12.9. The van der Waals surface area contributed by atoms with Gasteiger partial charge in [-0.25, -0.2) is 4.98 Å². The van der Waals surface area contributed by atoms with Crippen molar-refractivity contribution in [2.24, 2.45) is 0 Å². The number of aromatic nitrogens is 2. The first-order chi connectivity index (χ1) is 23.6. The maximum Gasteiger partial charge on any atom is 0.127 e. The number of nitrogens with zero attached hydrogens (tertiary/aromatic N) is 2. The summed E-state index contributed by atoms with van der Waals surface area (Å²) in [6.07, 6.45) is 0.0648. The maximum atomic E-state index is 11.1. The number of pyridine rings is 1. The van der Waals surface area contributed by atoms with E-state index >= 15 is 0 Å². The van der Waals surface area contributed by atoms with Gasteiger partial charge < -0.3 is 5.11 Å². The number of fused-ring (bicyclic) bond motifs is 2. The topological polar surface area (TPSA) is 46.0 Å². The van der Waals surface area contributed by atoms with Crippen molar-refractivity contribution >= 4 is 32.5 Å². The van der Waals surface area contributed by atoms with Crippen LogP contribution in [0.1, 0.15) is 72.1 Å². The quantitative estimate of drug-likeness (QED) is 0.176. The third-order valence-corrected chi connectivity index (χ3v) is 9.85. The summed E-state index contributed by atoms with van der Waals surface area (Å²) in [7, 11) is 0. The minimum Gasteiger partial charge on any atom is -0.507 e. The molecule has 0 spiro atoms. The SMILES string of the molecule is [2H]C([2H])(c1ccccc1)c1cc(-c2[c-]c(-c3cc(C(C)(C)C)cc4cccnc34)cc(C)c2)c2nc(-c3cc(C(C)(C)C)ccc3O)sc2c1.[Pt]. The fraction of sp³-hybridized carbons (Fsp3) is 0.227. The van der Waals surface area contributed by atoms with Gasteiger partial charge in [0.15, 0.2) is 0 Å². The first-order valence-corrected chi connectivity index (χ1v) is 17.2. The Bertz CT molecular complexity index is 2410. The Morgan fingerprint density at radius 3 is 2.08 bits per heavy atom. The van der Waals surface area contributed by atoms with Crippen LogP contribution < -0.4 is 0 Å². The van der Waals surface area contributed by atoms with Crippen molar-refractivity contribution in [3.8, 4) is 38.6 Å². The summed E-state index contributed by atoms with van der Waals surface area (Å²) in [5, 5.41) is 12.8. The summed E-state index contributed by atoms with van der Waals surface area (Å²) in [5.74, 6) is 0.168. The Morgan fingerprint density at radius 1 is 0.714 bits per heavy atom. The summed E-state index contributed by atoms with van der Waals surface area (Å²) in [5.41, 5.74) is 10.2. The molecule has 7 rings (SSSR count). The average Bonchev–Trinajstić information content (AvgIpc) is 3.51. The van der Waals surface area contributed by atoms with Gasteiger partial charge in [-0.05, 0) is 69.1 Å². The number of phenols is 1. The summed E-state index contributed by atoms with van der Waals surface area (Å²) >= 11 is 1.47. The van der Waals surface area contributed by atoms with E-state index < -0.39 is 6.37 Å². The number of hydrogen-bond donors (Lipinski definition) is 1. The molecule has 5 aromatic carbocycles. The second-order valence-electron chi connectivity index (χ2n) is 14.7. The molecule has 0 amide bonds. The fourth-order valence-corrected chi connectivity index (χ4v) is 7.18. The zero-order valence-corrected chi connectivity index (χ0v) is 32.0. The van der Waals surface area contributed by atoms with Gasteiger partial charge in [0.1, 0.15) is 10.8 Å². The van der Waals surface area contributed by atoms with Crippen LogP contribution in [0.2, 0.25) is 0 Å². The maximum absolute atomic E-state index is 11.1. The van der Waals surface area contributed by atoms with Crippen molar-refractivity contribution in [2.45, 2.75) is 65.7 Å². The monoisotopic (exact) mass is 842 g/mol. The minimum atomic E-state index is -1.77. The van der Waals surface area contributed by atoms with E-state index in [-0.39, 0.29) is 37.6 Å². The van der Waals surface area contributed by atoms with Crippen molar-refractivity contribution in [1.82, 2.24) is 9.97 Å². The molecule has 0 unspecified atom stereocenters.